The standard InChI is InChI=1S/C27H41F3N2O7S2/c1-24(2,3)40-26(6,7)19-25(4,5)23(35)31-15-16-38-17-18-39-22(34)14-13-21(33)32(20-11-9-8-10-12-20)41(36,37)27(28,29)30/h8-12H,13-19H2,1-7H3,(H,31,35). The van der Waals surface area contributed by atoms with Gasteiger partial charge in [-0.3, -0.25) is 14.4 Å². The first-order valence-electron chi connectivity index (χ1n) is 13.0. The normalized spacial score (nSPS) is 13.0. The van der Waals surface area contributed by atoms with E-state index in [0.717, 1.165) is 12.1 Å². The number of benzene rings is 1. The molecule has 0 saturated heterocycles. The minimum Gasteiger partial charge on any atom is -0.463 e. The Morgan fingerprint density at radius 3 is 2.02 bits per heavy atom. The van der Waals surface area contributed by atoms with Crippen LogP contribution in [0.25, 0.3) is 0 Å². The highest BCUT2D eigenvalue weighted by Gasteiger charge is 2.52. The highest BCUT2D eigenvalue weighted by atomic mass is 32.2. The summed E-state index contributed by atoms with van der Waals surface area (Å²) < 4.78 is 73.2. The van der Waals surface area contributed by atoms with Crippen molar-refractivity contribution in [3.05, 3.63) is 30.3 Å². The highest BCUT2D eigenvalue weighted by Crippen LogP contribution is 2.43. The monoisotopic (exact) mass is 626 g/mol. The molecule has 1 rings (SSSR count). The number of nitrogens with one attached hydrogen (secondary N) is 1. The van der Waals surface area contributed by atoms with Gasteiger partial charge in [0.05, 0.1) is 25.3 Å². The third-order valence-electron chi connectivity index (χ3n) is 5.38. The Labute approximate surface area is 244 Å². The topological polar surface area (TPSA) is 119 Å². The molecule has 41 heavy (non-hydrogen) atoms. The number of hydrogen-bond acceptors (Lipinski definition) is 8. The molecule has 0 saturated carbocycles. The number of rotatable bonds is 15. The number of nitrogens with zero attached hydrogens (tertiary/aromatic N) is 1. The number of carbonyl (C=O) groups excluding carboxylic acids is 3. The van der Waals surface area contributed by atoms with Gasteiger partial charge < -0.3 is 14.8 Å². The lowest BCUT2D eigenvalue weighted by Gasteiger charge is -2.37. The first kappa shape index (κ1) is 36.7. The van der Waals surface area contributed by atoms with Crippen LogP contribution in [0.15, 0.2) is 30.3 Å². The molecule has 14 heteroatoms. The van der Waals surface area contributed by atoms with Crippen molar-refractivity contribution in [3.63, 3.8) is 0 Å². The fourth-order valence-corrected chi connectivity index (χ4v) is 7.32. The predicted octanol–water partition coefficient (Wildman–Crippen LogP) is 5.05. The molecule has 0 aliphatic heterocycles. The Morgan fingerprint density at radius 2 is 1.49 bits per heavy atom. The molecule has 0 radical (unpaired) electrons. The summed E-state index contributed by atoms with van der Waals surface area (Å²) in [6, 6.07) is 6.06. The third kappa shape index (κ3) is 12.6. The van der Waals surface area contributed by atoms with Gasteiger partial charge >= 0.3 is 21.5 Å². The van der Waals surface area contributed by atoms with E-state index < -0.39 is 51.4 Å². The number of ether oxygens (including phenoxy) is 2. The molecule has 1 aromatic carbocycles. The molecular formula is C27H41F3N2O7S2. The summed E-state index contributed by atoms with van der Waals surface area (Å²) in [6.07, 6.45) is -0.792. The van der Waals surface area contributed by atoms with Gasteiger partial charge in [-0.25, -0.2) is 0 Å². The molecule has 0 aromatic heterocycles. The van der Waals surface area contributed by atoms with Crippen LogP contribution < -0.4 is 9.62 Å². The highest BCUT2D eigenvalue weighted by molar-refractivity contribution is 8.01. The number of para-hydroxylation sites is 1. The van der Waals surface area contributed by atoms with Gasteiger partial charge in [-0.2, -0.15) is 25.9 Å². The van der Waals surface area contributed by atoms with E-state index in [1.807, 2.05) is 25.6 Å². The first-order chi connectivity index (χ1) is 18.6. The van der Waals surface area contributed by atoms with Crippen molar-refractivity contribution in [1.82, 2.24) is 5.32 Å². The minimum absolute atomic E-state index is 0.0210. The van der Waals surface area contributed by atoms with E-state index in [1.54, 1.807) is 0 Å². The molecule has 0 fully saturated rings. The van der Waals surface area contributed by atoms with Gasteiger partial charge in [0.25, 0.3) is 0 Å². The molecule has 0 aliphatic carbocycles. The van der Waals surface area contributed by atoms with Crippen LogP contribution >= 0.6 is 11.8 Å². The van der Waals surface area contributed by atoms with E-state index in [9.17, 15) is 36.0 Å². The van der Waals surface area contributed by atoms with Gasteiger partial charge in [-0.15, -0.1) is 11.8 Å². The molecule has 1 N–H and O–H groups in total. The summed E-state index contributed by atoms with van der Waals surface area (Å²) in [4.78, 5) is 37.1. The molecule has 0 atom stereocenters. The number of alkyl halides is 3. The Bertz CT molecular complexity index is 1130. The summed E-state index contributed by atoms with van der Waals surface area (Å²) in [6.45, 7) is 14.6. The van der Waals surface area contributed by atoms with E-state index >= 15 is 0 Å². The number of esters is 1. The number of hydrogen-bond donors (Lipinski definition) is 1. The van der Waals surface area contributed by atoms with Gasteiger partial charge in [-0.1, -0.05) is 66.7 Å². The average Bonchev–Trinajstić information content (AvgIpc) is 2.79. The zero-order chi connectivity index (χ0) is 31.7. The molecule has 0 bridgehead atoms. The Kier molecular flexibility index (Phi) is 13.2. The van der Waals surface area contributed by atoms with Crippen molar-refractivity contribution >= 4 is 45.3 Å². The van der Waals surface area contributed by atoms with Crippen LogP contribution in [0.3, 0.4) is 0 Å². The van der Waals surface area contributed by atoms with Gasteiger partial charge in [0.1, 0.15) is 6.61 Å². The number of thioether (sulfide) groups is 1. The Hall–Kier alpha value is -2.32. The summed E-state index contributed by atoms with van der Waals surface area (Å²) in [5.74, 6) is -2.46. The van der Waals surface area contributed by atoms with Gasteiger partial charge in [0, 0.05) is 27.9 Å². The van der Waals surface area contributed by atoms with Gasteiger partial charge in [0.2, 0.25) is 11.8 Å². The molecule has 1 aromatic rings. The fraction of sp³-hybridized carbons (Fsp3) is 0.667. The van der Waals surface area contributed by atoms with Crippen molar-refractivity contribution in [2.75, 3.05) is 30.7 Å². The SMILES string of the molecule is CC(C)(C)SC(C)(C)CC(C)(C)C(=O)NCCOCCOC(=O)CCC(=O)N(c1ccccc1)S(=O)(=O)C(F)(F)F. The van der Waals surface area contributed by atoms with Crippen molar-refractivity contribution in [1.29, 1.82) is 0 Å². The second kappa shape index (κ2) is 14.7. The summed E-state index contributed by atoms with van der Waals surface area (Å²) in [7, 11) is -6.02. The third-order valence-corrected chi connectivity index (χ3v) is 8.17. The van der Waals surface area contributed by atoms with Crippen LogP contribution in [0, 0.1) is 5.41 Å². The van der Waals surface area contributed by atoms with Crippen molar-refractivity contribution in [2.45, 2.75) is 82.7 Å². The molecule has 0 spiro atoms. The van der Waals surface area contributed by atoms with Crippen LogP contribution in [0.4, 0.5) is 18.9 Å². The maximum absolute atomic E-state index is 13.1. The number of halogens is 3. The first-order valence-corrected chi connectivity index (χ1v) is 15.3. The summed E-state index contributed by atoms with van der Waals surface area (Å²) >= 11 is 1.81. The molecule has 2 amide bonds. The lowest BCUT2D eigenvalue weighted by atomic mass is 9.82. The van der Waals surface area contributed by atoms with E-state index in [-0.39, 0.29) is 46.1 Å². The van der Waals surface area contributed by atoms with Crippen LogP contribution in [-0.4, -0.2) is 67.6 Å². The Balaban J connectivity index is 2.44. The number of carbonyl (C=O) groups is 3. The lowest BCUT2D eigenvalue weighted by molar-refractivity contribution is -0.146. The number of amides is 2. The second-order valence-corrected chi connectivity index (χ2v) is 15.9. The molecule has 9 nitrogen and oxygen atoms in total. The zero-order valence-corrected chi connectivity index (χ0v) is 26.2. The fourth-order valence-electron chi connectivity index (χ4n) is 4.27. The van der Waals surface area contributed by atoms with Crippen molar-refractivity contribution in [3.8, 4) is 0 Å². The summed E-state index contributed by atoms with van der Waals surface area (Å²) in [5.41, 5.74) is -6.82. The van der Waals surface area contributed by atoms with Crippen LogP contribution in [-0.2, 0) is 33.9 Å². The molecule has 0 heterocycles. The quantitative estimate of drug-likeness (QED) is 0.212. The van der Waals surface area contributed by atoms with Crippen molar-refractivity contribution in [2.24, 2.45) is 5.41 Å². The average molecular weight is 627 g/mol. The molecule has 0 unspecified atom stereocenters. The Morgan fingerprint density at radius 1 is 0.902 bits per heavy atom. The van der Waals surface area contributed by atoms with Crippen LogP contribution in [0.2, 0.25) is 0 Å². The maximum atomic E-state index is 13.1. The van der Waals surface area contributed by atoms with E-state index in [0.29, 0.717) is 6.42 Å². The van der Waals surface area contributed by atoms with Gasteiger partial charge in [-0.05, 0) is 18.6 Å². The number of sulfonamides is 1. The number of anilines is 1. The largest absolute Gasteiger partial charge is 0.517 e. The van der Waals surface area contributed by atoms with Crippen LogP contribution in [0.5, 0.6) is 0 Å². The lowest BCUT2D eigenvalue weighted by Crippen LogP contribution is -2.44. The van der Waals surface area contributed by atoms with E-state index in [1.165, 1.54) is 18.2 Å². The summed E-state index contributed by atoms with van der Waals surface area (Å²) in [5, 5.41) is 2.84. The van der Waals surface area contributed by atoms with E-state index in [2.05, 4.69) is 39.9 Å². The molecular weight excluding hydrogens is 585 g/mol. The van der Waals surface area contributed by atoms with Gasteiger partial charge in [0.15, 0.2) is 0 Å². The predicted molar refractivity (Wildman–Crippen MR) is 153 cm³/mol. The minimum atomic E-state index is -6.02. The zero-order valence-electron chi connectivity index (χ0n) is 24.6. The molecule has 234 valence electrons. The van der Waals surface area contributed by atoms with Crippen LogP contribution in [0.1, 0.15) is 67.7 Å². The second-order valence-electron chi connectivity index (χ2n) is 11.6. The molecule has 0 aliphatic rings. The smallest absolute Gasteiger partial charge is 0.463 e. The maximum Gasteiger partial charge on any atom is 0.517 e. The van der Waals surface area contributed by atoms with Crippen molar-refractivity contribution < 1.29 is 45.4 Å². The van der Waals surface area contributed by atoms with E-state index in [4.69, 9.17) is 9.47 Å².